The van der Waals surface area contributed by atoms with Gasteiger partial charge in [0.2, 0.25) is 0 Å². The molecule has 0 aromatic carbocycles. The summed E-state index contributed by atoms with van der Waals surface area (Å²) in [5, 5.41) is 0. The van der Waals surface area contributed by atoms with E-state index in [9.17, 15) is 4.79 Å². The number of ether oxygens (including phenoxy) is 1. The van der Waals surface area contributed by atoms with Crippen molar-refractivity contribution in [3.05, 3.63) is 21.4 Å². The lowest BCUT2D eigenvalue weighted by molar-refractivity contribution is 0.0957. The highest BCUT2D eigenvalue weighted by Gasteiger charge is 2.10. The van der Waals surface area contributed by atoms with Crippen LogP contribution in [0.4, 0.5) is 0 Å². The van der Waals surface area contributed by atoms with Gasteiger partial charge in [0.25, 0.3) is 5.91 Å². The highest BCUT2D eigenvalue weighted by atomic mass is 32.2. The van der Waals surface area contributed by atoms with Crippen molar-refractivity contribution in [2.75, 3.05) is 19.5 Å². The Balaban J connectivity index is 2.43. The Morgan fingerprint density at radius 3 is 3.06 bits per heavy atom. The van der Waals surface area contributed by atoms with E-state index >= 15 is 0 Å². The average molecular weight is 274 g/mol. The van der Waals surface area contributed by atoms with E-state index in [-0.39, 0.29) is 5.91 Å². The van der Waals surface area contributed by atoms with Gasteiger partial charge in [-0.1, -0.05) is 0 Å². The zero-order chi connectivity index (χ0) is 12.7. The molecule has 96 valence electrons. The number of nitrogen functional groups attached to an aromatic ring is 1. The van der Waals surface area contributed by atoms with Crippen LogP contribution in [0.15, 0.2) is 6.07 Å². The maximum atomic E-state index is 11.3. The summed E-state index contributed by atoms with van der Waals surface area (Å²) in [5.41, 5.74) is 3.37. The second kappa shape index (κ2) is 7.71. The lowest BCUT2D eigenvalue weighted by atomic mass is 10.3. The number of rotatable bonds is 7. The molecule has 0 spiro atoms. The van der Waals surface area contributed by atoms with Gasteiger partial charge in [0.15, 0.2) is 0 Å². The Bertz CT molecular complexity index is 366. The van der Waals surface area contributed by atoms with Gasteiger partial charge in [-0.25, -0.2) is 5.84 Å². The number of hydrazine groups is 1. The van der Waals surface area contributed by atoms with E-state index in [1.807, 2.05) is 24.8 Å². The van der Waals surface area contributed by atoms with Gasteiger partial charge < -0.3 is 4.74 Å². The molecule has 0 saturated heterocycles. The minimum atomic E-state index is -0.214. The molecule has 1 rings (SSSR count). The van der Waals surface area contributed by atoms with Crippen LogP contribution in [-0.4, -0.2) is 25.4 Å². The first-order chi connectivity index (χ1) is 8.19. The second-order valence-electron chi connectivity index (χ2n) is 3.56. The van der Waals surface area contributed by atoms with Crippen molar-refractivity contribution in [2.45, 2.75) is 19.1 Å². The van der Waals surface area contributed by atoms with Gasteiger partial charge in [0.1, 0.15) is 0 Å². The number of thiophene rings is 1. The van der Waals surface area contributed by atoms with Crippen molar-refractivity contribution in [1.82, 2.24) is 5.43 Å². The van der Waals surface area contributed by atoms with Gasteiger partial charge in [-0.15, -0.1) is 11.3 Å². The van der Waals surface area contributed by atoms with Crippen molar-refractivity contribution in [2.24, 2.45) is 5.84 Å². The number of amides is 1. The Morgan fingerprint density at radius 1 is 1.65 bits per heavy atom. The molecule has 6 heteroatoms. The molecule has 0 fully saturated rings. The Hall–Kier alpha value is -0.560. The summed E-state index contributed by atoms with van der Waals surface area (Å²) in [6, 6.07) is 1.92. The molecule has 0 unspecified atom stereocenters. The fourth-order valence-corrected chi connectivity index (χ4v) is 3.36. The molecule has 0 bridgehead atoms. The van der Waals surface area contributed by atoms with Crippen molar-refractivity contribution >= 4 is 29.0 Å². The van der Waals surface area contributed by atoms with E-state index < -0.39 is 0 Å². The van der Waals surface area contributed by atoms with Gasteiger partial charge in [0.05, 0.1) is 4.88 Å². The van der Waals surface area contributed by atoms with Crippen LogP contribution in [0.25, 0.3) is 0 Å². The minimum absolute atomic E-state index is 0.214. The Labute approximate surface area is 110 Å². The standard InChI is InChI=1S/C11H18N2O2S2/c1-8-9(7-16-5-3-4-15-2)6-10(17-8)11(14)13-12/h6H,3-5,7,12H2,1-2H3,(H,13,14). The van der Waals surface area contributed by atoms with Gasteiger partial charge >= 0.3 is 0 Å². The van der Waals surface area contributed by atoms with Crippen molar-refractivity contribution < 1.29 is 9.53 Å². The number of hydrogen-bond acceptors (Lipinski definition) is 5. The number of carbonyl (C=O) groups is 1. The maximum absolute atomic E-state index is 11.3. The predicted octanol–water partition coefficient (Wildman–Crippen LogP) is 1.93. The maximum Gasteiger partial charge on any atom is 0.275 e. The summed E-state index contributed by atoms with van der Waals surface area (Å²) >= 11 is 3.34. The molecule has 17 heavy (non-hydrogen) atoms. The molecule has 1 aromatic heterocycles. The summed E-state index contributed by atoms with van der Waals surface area (Å²) < 4.78 is 4.99. The fraction of sp³-hybridized carbons (Fsp3) is 0.545. The number of hydrogen-bond donors (Lipinski definition) is 2. The van der Waals surface area contributed by atoms with Crippen LogP contribution in [-0.2, 0) is 10.5 Å². The summed E-state index contributed by atoms with van der Waals surface area (Å²) in [5.74, 6) is 6.90. The predicted molar refractivity (Wildman–Crippen MR) is 73.4 cm³/mol. The molecule has 1 amide bonds. The van der Waals surface area contributed by atoms with Crippen molar-refractivity contribution in [3.8, 4) is 0 Å². The number of aryl methyl sites for hydroxylation is 1. The van der Waals surface area contributed by atoms with Crippen molar-refractivity contribution in [1.29, 1.82) is 0 Å². The zero-order valence-electron chi connectivity index (χ0n) is 10.1. The number of carbonyl (C=O) groups excluding carboxylic acids is 1. The van der Waals surface area contributed by atoms with E-state index in [4.69, 9.17) is 10.6 Å². The first-order valence-corrected chi connectivity index (χ1v) is 7.33. The van der Waals surface area contributed by atoms with Gasteiger partial charge in [-0.2, -0.15) is 11.8 Å². The molecule has 0 aliphatic heterocycles. The fourth-order valence-electron chi connectivity index (χ4n) is 1.33. The van der Waals surface area contributed by atoms with Crippen LogP contribution in [0.5, 0.6) is 0 Å². The lowest BCUT2D eigenvalue weighted by Gasteiger charge is -2.00. The molecule has 1 aromatic rings. The van der Waals surface area contributed by atoms with Crippen LogP contribution in [0, 0.1) is 6.92 Å². The van der Waals surface area contributed by atoms with Crippen LogP contribution in [0.2, 0.25) is 0 Å². The van der Waals surface area contributed by atoms with Crippen LogP contribution in [0.3, 0.4) is 0 Å². The number of methoxy groups -OCH3 is 1. The largest absolute Gasteiger partial charge is 0.385 e. The third kappa shape index (κ3) is 4.67. The third-order valence-corrected chi connectivity index (χ3v) is 4.45. The van der Waals surface area contributed by atoms with E-state index in [1.165, 1.54) is 21.8 Å². The molecule has 0 aliphatic carbocycles. The topological polar surface area (TPSA) is 64.3 Å². The minimum Gasteiger partial charge on any atom is -0.385 e. The molecule has 3 N–H and O–H groups in total. The van der Waals surface area contributed by atoms with Crippen LogP contribution < -0.4 is 11.3 Å². The van der Waals surface area contributed by atoms with Crippen LogP contribution in [0.1, 0.15) is 26.5 Å². The summed E-state index contributed by atoms with van der Waals surface area (Å²) in [7, 11) is 1.71. The van der Waals surface area contributed by atoms with E-state index in [0.29, 0.717) is 4.88 Å². The Morgan fingerprint density at radius 2 is 2.41 bits per heavy atom. The molecule has 0 radical (unpaired) electrons. The summed E-state index contributed by atoms with van der Waals surface area (Å²) in [6.07, 6.45) is 1.06. The van der Waals surface area contributed by atoms with E-state index in [0.717, 1.165) is 24.5 Å². The normalized spacial score (nSPS) is 10.5. The molecule has 0 atom stereocenters. The third-order valence-electron chi connectivity index (χ3n) is 2.27. The summed E-state index contributed by atoms with van der Waals surface area (Å²) in [6.45, 7) is 2.83. The highest BCUT2D eigenvalue weighted by molar-refractivity contribution is 7.98. The first-order valence-electron chi connectivity index (χ1n) is 5.36. The molecular formula is C11H18N2O2S2. The number of thioether (sulfide) groups is 1. The van der Waals surface area contributed by atoms with Crippen molar-refractivity contribution in [3.63, 3.8) is 0 Å². The number of nitrogens with one attached hydrogen (secondary N) is 1. The van der Waals surface area contributed by atoms with E-state index in [1.54, 1.807) is 7.11 Å². The molecule has 0 aliphatic rings. The molecular weight excluding hydrogens is 256 g/mol. The lowest BCUT2D eigenvalue weighted by Crippen LogP contribution is -2.29. The first kappa shape index (κ1) is 14.5. The van der Waals surface area contributed by atoms with Gasteiger partial charge in [0, 0.05) is 24.3 Å². The second-order valence-corrected chi connectivity index (χ2v) is 5.93. The highest BCUT2D eigenvalue weighted by Crippen LogP contribution is 2.25. The SMILES string of the molecule is COCCCSCc1cc(C(=O)NN)sc1C. The van der Waals surface area contributed by atoms with Crippen LogP contribution >= 0.6 is 23.1 Å². The Kier molecular flexibility index (Phi) is 6.57. The quantitative estimate of drug-likeness (QED) is 0.345. The van der Waals surface area contributed by atoms with Gasteiger partial charge in [-0.05, 0) is 30.7 Å². The zero-order valence-corrected chi connectivity index (χ0v) is 11.7. The monoisotopic (exact) mass is 274 g/mol. The molecule has 0 saturated carbocycles. The summed E-state index contributed by atoms with van der Waals surface area (Å²) in [4.78, 5) is 13.2. The molecule has 4 nitrogen and oxygen atoms in total. The number of nitrogens with two attached hydrogens (primary N) is 1. The molecule has 1 heterocycles. The smallest absolute Gasteiger partial charge is 0.275 e. The average Bonchev–Trinajstić information content (AvgIpc) is 2.70. The van der Waals surface area contributed by atoms with Gasteiger partial charge in [-0.3, -0.25) is 10.2 Å². The van der Waals surface area contributed by atoms with E-state index in [2.05, 4.69) is 5.43 Å².